The van der Waals surface area contributed by atoms with Crippen molar-refractivity contribution in [3.05, 3.63) is 34.9 Å². The average molecular weight is 328 g/mol. The molecule has 0 radical (unpaired) electrons. The first-order valence-electron chi connectivity index (χ1n) is 5.62. The van der Waals surface area contributed by atoms with Crippen molar-refractivity contribution in [2.75, 3.05) is 12.3 Å². The molecule has 0 aliphatic rings. The highest BCUT2D eigenvalue weighted by Crippen LogP contribution is 2.19. The zero-order valence-electron chi connectivity index (χ0n) is 10.3. The van der Waals surface area contributed by atoms with Gasteiger partial charge in [-0.25, -0.2) is 0 Å². The fourth-order valence-electron chi connectivity index (χ4n) is 1.22. The summed E-state index contributed by atoms with van der Waals surface area (Å²) in [4.78, 5) is 11.3. The van der Waals surface area contributed by atoms with E-state index in [9.17, 15) is 18.0 Å². The summed E-state index contributed by atoms with van der Waals surface area (Å²) in [6.45, 7) is -0.830. The molecule has 8 heteroatoms. The fourth-order valence-corrected chi connectivity index (χ4v) is 2.16. The Bertz CT molecular complexity index is 439. The lowest BCUT2D eigenvalue weighted by Crippen LogP contribution is -2.41. The number of aliphatic hydroxyl groups excluding tert-OH is 1. The highest BCUT2D eigenvalue weighted by Gasteiger charge is 2.38. The summed E-state index contributed by atoms with van der Waals surface area (Å²) < 4.78 is 36.0. The van der Waals surface area contributed by atoms with Gasteiger partial charge in [-0.1, -0.05) is 23.7 Å². The van der Waals surface area contributed by atoms with Crippen molar-refractivity contribution in [3.8, 4) is 0 Å². The Hall–Kier alpha value is -0.920. The molecule has 1 aromatic carbocycles. The molecule has 1 rings (SSSR count). The molecule has 1 aromatic rings. The van der Waals surface area contributed by atoms with Crippen LogP contribution in [0.1, 0.15) is 5.56 Å². The van der Waals surface area contributed by atoms with E-state index in [0.29, 0.717) is 10.8 Å². The molecule has 20 heavy (non-hydrogen) atoms. The quantitative estimate of drug-likeness (QED) is 0.844. The second-order valence-corrected chi connectivity index (χ2v) is 5.40. The van der Waals surface area contributed by atoms with Gasteiger partial charge in [0.1, 0.15) is 0 Å². The highest BCUT2D eigenvalue weighted by atomic mass is 35.5. The van der Waals surface area contributed by atoms with Crippen LogP contribution in [0, 0.1) is 0 Å². The second kappa shape index (κ2) is 7.75. The minimum Gasteiger partial charge on any atom is -0.382 e. The number of benzene rings is 1. The summed E-state index contributed by atoms with van der Waals surface area (Å²) in [7, 11) is 0. The normalized spacial score (nSPS) is 13.1. The Balaban J connectivity index is 2.22. The number of hydrogen-bond donors (Lipinski definition) is 2. The molecule has 0 fully saturated rings. The van der Waals surface area contributed by atoms with Crippen LogP contribution in [-0.2, 0) is 10.5 Å². The lowest BCUT2D eigenvalue weighted by Gasteiger charge is -2.14. The van der Waals surface area contributed by atoms with Crippen molar-refractivity contribution in [1.82, 2.24) is 5.32 Å². The summed E-state index contributed by atoms with van der Waals surface area (Å²) in [6.07, 6.45) is -7.25. The smallest absolute Gasteiger partial charge is 0.382 e. The topological polar surface area (TPSA) is 49.3 Å². The third-order valence-corrected chi connectivity index (χ3v) is 3.54. The molecule has 0 aliphatic carbocycles. The van der Waals surface area contributed by atoms with E-state index in [1.807, 2.05) is 5.32 Å². The standard InChI is InChI=1S/C12H13ClF3NO2S/c13-9-3-1-8(2-4-9)6-20-7-11(19)17-5-10(18)12(14,15)16/h1-4,10,18H,5-7H2,(H,17,19). The van der Waals surface area contributed by atoms with E-state index in [0.717, 1.165) is 5.56 Å². The number of nitrogens with one attached hydrogen (secondary N) is 1. The number of aliphatic hydroxyl groups is 1. The van der Waals surface area contributed by atoms with Crippen molar-refractivity contribution < 1.29 is 23.1 Å². The lowest BCUT2D eigenvalue weighted by molar-refractivity contribution is -0.201. The van der Waals surface area contributed by atoms with E-state index in [1.165, 1.54) is 11.8 Å². The van der Waals surface area contributed by atoms with Gasteiger partial charge in [0.05, 0.1) is 12.3 Å². The van der Waals surface area contributed by atoms with Gasteiger partial charge in [-0.2, -0.15) is 13.2 Å². The number of carbonyl (C=O) groups excluding carboxylic acids is 1. The van der Waals surface area contributed by atoms with E-state index in [-0.39, 0.29) is 5.75 Å². The van der Waals surface area contributed by atoms with Crippen LogP contribution in [0.2, 0.25) is 5.02 Å². The molecule has 1 amide bonds. The molecule has 2 N–H and O–H groups in total. The van der Waals surface area contributed by atoms with Crippen molar-refractivity contribution in [2.45, 2.75) is 18.0 Å². The van der Waals surface area contributed by atoms with Crippen LogP contribution in [-0.4, -0.2) is 35.6 Å². The molecular formula is C12H13ClF3NO2S. The maximum absolute atomic E-state index is 12.0. The number of amides is 1. The van der Waals surface area contributed by atoms with Crippen molar-refractivity contribution in [2.24, 2.45) is 0 Å². The molecule has 0 saturated carbocycles. The van der Waals surface area contributed by atoms with E-state index in [1.54, 1.807) is 24.3 Å². The summed E-state index contributed by atoms with van der Waals surface area (Å²) in [6, 6.07) is 7.05. The zero-order valence-corrected chi connectivity index (χ0v) is 11.9. The van der Waals surface area contributed by atoms with Gasteiger partial charge >= 0.3 is 6.18 Å². The SMILES string of the molecule is O=C(CSCc1ccc(Cl)cc1)NCC(O)C(F)(F)F. The third kappa shape index (κ3) is 6.49. The highest BCUT2D eigenvalue weighted by molar-refractivity contribution is 7.99. The number of hydrogen-bond acceptors (Lipinski definition) is 3. The van der Waals surface area contributed by atoms with Gasteiger partial charge in [-0.15, -0.1) is 11.8 Å². The number of carbonyl (C=O) groups is 1. The van der Waals surface area contributed by atoms with Gasteiger partial charge in [0.2, 0.25) is 5.91 Å². The molecular weight excluding hydrogens is 315 g/mol. The third-order valence-electron chi connectivity index (χ3n) is 2.29. The summed E-state index contributed by atoms with van der Waals surface area (Å²) >= 11 is 6.98. The monoisotopic (exact) mass is 327 g/mol. The zero-order chi connectivity index (χ0) is 15.2. The minimum absolute atomic E-state index is 0.0210. The second-order valence-electron chi connectivity index (χ2n) is 3.98. The van der Waals surface area contributed by atoms with E-state index in [4.69, 9.17) is 16.7 Å². The summed E-state index contributed by atoms with van der Waals surface area (Å²) in [5.41, 5.74) is 0.961. The van der Waals surface area contributed by atoms with Crippen LogP contribution in [0.4, 0.5) is 13.2 Å². The summed E-state index contributed by atoms with van der Waals surface area (Å²) in [5.74, 6) is 0.0202. The van der Waals surface area contributed by atoms with E-state index >= 15 is 0 Å². The molecule has 0 aliphatic heterocycles. The molecule has 0 saturated heterocycles. The molecule has 1 unspecified atom stereocenters. The molecule has 0 bridgehead atoms. The molecule has 0 heterocycles. The van der Waals surface area contributed by atoms with E-state index < -0.39 is 24.7 Å². The Kier molecular flexibility index (Phi) is 6.64. The first-order valence-corrected chi connectivity index (χ1v) is 7.16. The Labute approximate surface area is 123 Å². The molecule has 0 aromatic heterocycles. The van der Waals surface area contributed by atoms with Gasteiger partial charge in [-0.3, -0.25) is 4.79 Å². The molecule has 1 atom stereocenters. The fraction of sp³-hybridized carbons (Fsp3) is 0.417. The Morgan fingerprint density at radius 2 is 1.95 bits per heavy atom. The van der Waals surface area contributed by atoms with Crippen molar-refractivity contribution in [1.29, 1.82) is 0 Å². The molecule has 112 valence electrons. The largest absolute Gasteiger partial charge is 0.416 e. The van der Waals surface area contributed by atoms with Crippen LogP contribution in [0.5, 0.6) is 0 Å². The minimum atomic E-state index is -4.72. The first kappa shape index (κ1) is 17.1. The van der Waals surface area contributed by atoms with Gasteiger partial charge in [-0.05, 0) is 17.7 Å². The predicted molar refractivity (Wildman–Crippen MR) is 72.7 cm³/mol. The average Bonchev–Trinajstić information content (AvgIpc) is 2.37. The van der Waals surface area contributed by atoms with Crippen molar-refractivity contribution >= 4 is 29.3 Å². The van der Waals surface area contributed by atoms with Gasteiger partial charge in [0, 0.05) is 10.8 Å². The maximum atomic E-state index is 12.0. The van der Waals surface area contributed by atoms with Crippen LogP contribution in [0.25, 0.3) is 0 Å². The van der Waals surface area contributed by atoms with Crippen LogP contribution in [0.15, 0.2) is 24.3 Å². The Morgan fingerprint density at radius 3 is 2.50 bits per heavy atom. The number of thioether (sulfide) groups is 1. The first-order chi connectivity index (χ1) is 9.29. The van der Waals surface area contributed by atoms with Crippen LogP contribution < -0.4 is 5.32 Å². The van der Waals surface area contributed by atoms with Gasteiger partial charge < -0.3 is 10.4 Å². The lowest BCUT2D eigenvalue weighted by atomic mass is 10.2. The maximum Gasteiger partial charge on any atom is 0.416 e. The number of halogens is 4. The number of alkyl halides is 3. The van der Waals surface area contributed by atoms with Gasteiger partial charge in [0.25, 0.3) is 0 Å². The van der Waals surface area contributed by atoms with Crippen molar-refractivity contribution in [3.63, 3.8) is 0 Å². The van der Waals surface area contributed by atoms with E-state index in [2.05, 4.69) is 0 Å². The number of rotatable bonds is 6. The molecule has 3 nitrogen and oxygen atoms in total. The van der Waals surface area contributed by atoms with Crippen LogP contribution in [0.3, 0.4) is 0 Å². The van der Waals surface area contributed by atoms with Gasteiger partial charge in [0.15, 0.2) is 6.10 Å². The van der Waals surface area contributed by atoms with Crippen LogP contribution >= 0.6 is 23.4 Å². The summed E-state index contributed by atoms with van der Waals surface area (Å²) in [5, 5.41) is 11.3. The Morgan fingerprint density at radius 1 is 1.35 bits per heavy atom. The predicted octanol–water partition coefficient (Wildman–Crippen LogP) is 2.61. The molecule has 0 spiro atoms.